The lowest BCUT2D eigenvalue weighted by atomic mass is 10.1. The maximum absolute atomic E-state index is 5.85. The summed E-state index contributed by atoms with van der Waals surface area (Å²) in [5.41, 5.74) is 1.35. The van der Waals surface area contributed by atoms with Gasteiger partial charge in [0.05, 0.1) is 5.76 Å². The first kappa shape index (κ1) is 13.0. The Hall–Kier alpha value is -1.02. The highest BCUT2D eigenvalue weighted by atomic mass is 16.5. The van der Waals surface area contributed by atoms with Crippen molar-refractivity contribution in [1.82, 2.24) is 4.90 Å². The molecule has 1 heterocycles. The highest BCUT2D eigenvalue weighted by Gasteiger charge is 2.12. The number of allylic oxidation sites excluding steroid dienone is 4. The van der Waals surface area contributed by atoms with Crippen molar-refractivity contribution in [3.8, 4) is 0 Å². The van der Waals surface area contributed by atoms with Crippen molar-refractivity contribution >= 4 is 0 Å². The van der Waals surface area contributed by atoms with Crippen LogP contribution in [0.1, 0.15) is 33.6 Å². The molecule has 1 rings (SSSR count). The Morgan fingerprint density at radius 3 is 2.81 bits per heavy atom. The number of hydrogen-bond acceptors (Lipinski definition) is 2. The second-order valence-electron chi connectivity index (χ2n) is 4.22. The maximum atomic E-state index is 5.85. The molecule has 90 valence electrons. The van der Waals surface area contributed by atoms with Crippen LogP contribution in [0, 0.1) is 0 Å². The Balaban J connectivity index is 2.75. The van der Waals surface area contributed by atoms with Gasteiger partial charge >= 0.3 is 0 Å². The standard InChI is InChI=1S/C14H23NO/c1-5-7-14(16-12(3)6-2)13-8-10-15(4)11-9-13/h6-8H,5,9-11H2,1-4H3/b12-6-,14-7-. The van der Waals surface area contributed by atoms with E-state index in [1.807, 2.05) is 19.9 Å². The van der Waals surface area contributed by atoms with E-state index >= 15 is 0 Å². The topological polar surface area (TPSA) is 12.5 Å². The molecule has 2 heteroatoms. The summed E-state index contributed by atoms with van der Waals surface area (Å²) in [6.45, 7) is 8.28. The summed E-state index contributed by atoms with van der Waals surface area (Å²) in [6, 6.07) is 0. The van der Waals surface area contributed by atoms with Crippen LogP contribution in [0.15, 0.2) is 35.3 Å². The van der Waals surface area contributed by atoms with Gasteiger partial charge in [-0.15, -0.1) is 0 Å². The first-order chi connectivity index (χ1) is 7.67. The summed E-state index contributed by atoms with van der Waals surface area (Å²) >= 11 is 0. The molecule has 0 aromatic heterocycles. The molecule has 2 nitrogen and oxygen atoms in total. The summed E-state index contributed by atoms with van der Waals surface area (Å²) in [5, 5.41) is 0. The largest absolute Gasteiger partial charge is 0.462 e. The smallest absolute Gasteiger partial charge is 0.125 e. The van der Waals surface area contributed by atoms with E-state index in [-0.39, 0.29) is 0 Å². The fourth-order valence-electron chi connectivity index (χ4n) is 1.65. The average Bonchev–Trinajstić information content (AvgIpc) is 2.29. The van der Waals surface area contributed by atoms with Crippen LogP contribution in [0.2, 0.25) is 0 Å². The Kier molecular flexibility index (Phi) is 5.33. The molecule has 0 N–H and O–H groups in total. The minimum absolute atomic E-state index is 0.972. The van der Waals surface area contributed by atoms with Crippen molar-refractivity contribution in [3.63, 3.8) is 0 Å². The van der Waals surface area contributed by atoms with Crippen LogP contribution >= 0.6 is 0 Å². The molecule has 0 fully saturated rings. The van der Waals surface area contributed by atoms with Gasteiger partial charge in [0, 0.05) is 13.1 Å². The third-order valence-corrected chi connectivity index (χ3v) is 2.80. The first-order valence-electron chi connectivity index (χ1n) is 6.06. The molecular weight excluding hydrogens is 198 g/mol. The Labute approximate surface area is 99.3 Å². The fourth-order valence-corrected chi connectivity index (χ4v) is 1.65. The van der Waals surface area contributed by atoms with Gasteiger partial charge in [-0.1, -0.05) is 13.0 Å². The summed E-state index contributed by atoms with van der Waals surface area (Å²) in [4.78, 5) is 2.32. The van der Waals surface area contributed by atoms with Crippen LogP contribution in [-0.4, -0.2) is 25.0 Å². The molecular formula is C14H23NO. The van der Waals surface area contributed by atoms with Gasteiger partial charge in [-0.2, -0.15) is 0 Å². The normalized spacial score (nSPS) is 19.6. The van der Waals surface area contributed by atoms with Gasteiger partial charge in [0.15, 0.2) is 0 Å². The van der Waals surface area contributed by atoms with Gasteiger partial charge in [0.2, 0.25) is 0 Å². The second kappa shape index (κ2) is 6.54. The molecule has 1 aliphatic rings. The Bertz CT molecular complexity index is 313. The molecule has 0 unspecified atom stereocenters. The molecule has 0 saturated carbocycles. The van der Waals surface area contributed by atoms with Gasteiger partial charge in [-0.3, -0.25) is 0 Å². The van der Waals surface area contributed by atoms with E-state index in [2.05, 4.69) is 31.0 Å². The van der Waals surface area contributed by atoms with Crippen LogP contribution in [0.3, 0.4) is 0 Å². The fraction of sp³-hybridized carbons (Fsp3) is 0.571. The van der Waals surface area contributed by atoms with E-state index in [9.17, 15) is 0 Å². The Morgan fingerprint density at radius 1 is 1.56 bits per heavy atom. The zero-order chi connectivity index (χ0) is 12.0. The van der Waals surface area contributed by atoms with E-state index in [0.29, 0.717) is 0 Å². The van der Waals surface area contributed by atoms with Crippen molar-refractivity contribution in [2.24, 2.45) is 0 Å². The van der Waals surface area contributed by atoms with E-state index in [0.717, 1.165) is 37.4 Å². The number of rotatable bonds is 4. The molecule has 1 aliphatic heterocycles. The maximum Gasteiger partial charge on any atom is 0.125 e. The van der Waals surface area contributed by atoms with Gasteiger partial charge in [-0.05, 0) is 51.5 Å². The highest BCUT2D eigenvalue weighted by molar-refractivity contribution is 5.29. The minimum atomic E-state index is 0.972. The number of likely N-dealkylation sites (N-methyl/N-ethyl adjacent to an activating group) is 1. The molecule has 0 bridgehead atoms. The van der Waals surface area contributed by atoms with Gasteiger partial charge < -0.3 is 9.64 Å². The molecule has 0 aromatic rings. The van der Waals surface area contributed by atoms with Crippen molar-refractivity contribution < 1.29 is 4.74 Å². The molecule has 0 radical (unpaired) electrons. The van der Waals surface area contributed by atoms with Gasteiger partial charge in [0.1, 0.15) is 5.76 Å². The molecule has 0 amide bonds. The molecule has 0 aliphatic carbocycles. The average molecular weight is 221 g/mol. The van der Waals surface area contributed by atoms with Crippen molar-refractivity contribution in [1.29, 1.82) is 0 Å². The lowest BCUT2D eigenvalue weighted by Crippen LogP contribution is -2.24. The molecule has 0 aromatic carbocycles. The predicted octanol–water partition coefficient (Wildman–Crippen LogP) is 3.48. The van der Waals surface area contributed by atoms with Crippen LogP contribution < -0.4 is 0 Å². The van der Waals surface area contributed by atoms with Gasteiger partial charge in [-0.25, -0.2) is 0 Å². The zero-order valence-corrected chi connectivity index (χ0v) is 10.9. The van der Waals surface area contributed by atoms with Crippen LogP contribution in [0.25, 0.3) is 0 Å². The third kappa shape index (κ3) is 3.86. The lowest BCUT2D eigenvalue weighted by molar-refractivity contribution is 0.297. The third-order valence-electron chi connectivity index (χ3n) is 2.80. The summed E-state index contributed by atoms with van der Waals surface area (Å²) < 4.78 is 5.85. The van der Waals surface area contributed by atoms with Gasteiger partial charge in [0.25, 0.3) is 0 Å². The molecule has 0 atom stereocenters. The predicted molar refractivity (Wildman–Crippen MR) is 69.1 cm³/mol. The summed E-state index contributed by atoms with van der Waals surface area (Å²) in [5.74, 6) is 2.02. The summed E-state index contributed by atoms with van der Waals surface area (Å²) in [6.07, 6.45) is 8.54. The van der Waals surface area contributed by atoms with E-state index in [4.69, 9.17) is 4.74 Å². The zero-order valence-electron chi connectivity index (χ0n) is 10.9. The van der Waals surface area contributed by atoms with Crippen molar-refractivity contribution in [3.05, 3.63) is 35.3 Å². The second-order valence-corrected chi connectivity index (χ2v) is 4.22. The number of nitrogens with zero attached hydrogens (tertiary/aromatic N) is 1. The van der Waals surface area contributed by atoms with Crippen LogP contribution in [0.4, 0.5) is 0 Å². The van der Waals surface area contributed by atoms with E-state index in [1.165, 1.54) is 5.57 Å². The van der Waals surface area contributed by atoms with Crippen molar-refractivity contribution in [2.45, 2.75) is 33.6 Å². The van der Waals surface area contributed by atoms with E-state index < -0.39 is 0 Å². The summed E-state index contributed by atoms with van der Waals surface area (Å²) in [7, 11) is 2.15. The molecule has 0 spiro atoms. The SMILES string of the molecule is C/C=C(/C)O/C(=C\CC)C1=CCN(C)CC1. The monoisotopic (exact) mass is 221 g/mol. The Morgan fingerprint density at radius 2 is 2.31 bits per heavy atom. The van der Waals surface area contributed by atoms with Crippen molar-refractivity contribution in [2.75, 3.05) is 20.1 Å². The quantitative estimate of drug-likeness (QED) is 0.674. The number of ether oxygens (including phenoxy) is 1. The number of hydrogen-bond donors (Lipinski definition) is 0. The minimum Gasteiger partial charge on any atom is -0.462 e. The highest BCUT2D eigenvalue weighted by Crippen LogP contribution is 2.22. The van der Waals surface area contributed by atoms with E-state index in [1.54, 1.807) is 0 Å². The molecule has 0 saturated heterocycles. The van der Waals surface area contributed by atoms with Crippen LogP contribution in [-0.2, 0) is 4.74 Å². The molecule has 16 heavy (non-hydrogen) atoms. The first-order valence-corrected chi connectivity index (χ1v) is 6.06. The van der Waals surface area contributed by atoms with Crippen LogP contribution in [0.5, 0.6) is 0 Å². The lowest BCUT2D eigenvalue weighted by Gasteiger charge is -2.23.